The second-order valence-corrected chi connectivity index (χ2v) is 16.3. The molecule has 5 fully saturated rings. The summed E-state index contributed by atoms with van der Waals surface area (Å²) in [5.74, 6) is 2.47. The van der Waals surface area contributed by atoms with Gasteiger partial charge >= 0.3 is 0 Å². The number of nitrogens with one attached hydrogen (secondary N) is 1. The Kier molecular flexibility index (Phi) is 9.68. The molecule has 0 saturated carbocycles. The number of ether oxygens (including phenoxy) is 1. The van der Waals surface area contributed by atoms with Gasteiger partial charge in [-0.15, -0.1) is 0 Å². The van der Waals surface area contributed by atoms with Gasteiger partial charge in [-0.25, -0.2) is 23.0 Å². The van der Waals surface area contributed by atoms with Crippen molar-refractivity contribution >= 4 is 23.9 Å². The Morgan fingerprint density at radius 2 is 1.81 bits per heavy atom. The van der Waals surface area contributed by atoms with Gasteiger partial charge in [-0.05, 0) is 90.6 Å². The number of halogens is 1. The Bertz CT molecular complexity index is 1390. The van der Waals surface area contributed by atoms with E-state index in [0.717, 1.165) is 49.9 Å². The van der Waals surface area contributed by atoms with E-state index in [0.29, 0.717) is 16.9 Å². The fourth-order valence-corrected chi connectivity index (χ4v) is 9.51. The van der Waals surface area contributed by atoms with Crippen LogP contribution in [0, 0.1) is 23.1 Å². The number of amides is 1. The zero-order valence-corrected chi connectivity index (χ0v) is 29.2. The maximum atomic E-state index is 14.4. The average Bonchev–Trinajstić information content (AvgIpc) is 3.30. The van der Waals surface area contributed by atoms with E-state index in [1.807, 2.05) is 39.8 Å². The molecule has 0 unspecified atom stereocenters. The van der Waals surface area contributed by atoms with Gasteiger partial charge in [0.05, 0.1) is 11.8 Å². The number of fused-ring (bicyclic) bond motifs is 1. The van der Waals surface area contributed by atoms with Gasteiger partial charge in [0.15, 0.2) is 11.6 Å². The molecule has 10 nitrogen and oxygen atoms in total. The molecule has 12 heteroatoms. The molecular weight excluding hydrogens is 616 g/mol. The molecule has 1 aromatic heterocycles. The minimum Gasteiger partial charge on any atom is -0.451 e. The first-order chi connectivity index (χ1) is 22.7. The van der Waals surface area contributed by atoms with Gasteiger partial charge in [0.1, 0.15) is 17.9 Å². The van der Waals surface area contributed by atoms with Crippen LogP contribution in [0.5, 0.6) is 11.5 Å². The van der Waals surface area contributed by atoms with Crippen LogP contribution in [0.15, 0.2) is 30.7 Å². The first-order valence-corrected chi connectivity index (χ1v) is 18.4. The molecule has 5 aliphatic heterocycles. The maximum absolute atomic E-state index is 14.4. The number of anilines is 1. The third-order valence-corrected chi connectivity index (χ3v) is 12.2. The van der Waals surface area contributed by atoms with Crippen molar-refractivity contribution in [2.75, 3.05) is 70.3 Å². The number of likely N-dealkylation sites (tertiary alicyclic amines) is 1. The SMILES string of the molecule is CC(C)N(C(=O)c1cc(F)ccc1Oc1cncnc1N1CC2(CCN(CC3CCN(SN4C[C@@H]5CN[C@@H]5C4)CC3)CC2)C1)C(C)C. The molecule has 0 radical (unpaired) electrons. The number of benzene rings is 1. The van der Waals surface area contributed by atoms with Crippen LogP contribution in [0.25, 0.3) is 0 Å². The molecular formula is C35H51FN8O2S. The van der Waals surface area contributed by atoms with Gasteiger partial charge in [0, 0.05) is 94.0 Å². The van der Waals surface area contributed by atoms with E-state index in [1.54, 1.807) is 17.4 Å². The van der Waals surface area contributed by atoms with Crippen molar-refractivity contribution in [1.82, 2.24) is 33.7 Å². The molecule has 256 valence electrons. The predicted molar refractivity (Wildman–Crippen MR) is 184 cm³/mol. The number of hydrogen-bond acceptors (Lipinski definition) is 10. The first-order valence-electron chi connectivity index (χ1n) is 17.6. The van der Waals surface area contributed by atoms with Crippen LogP contribution in [0.4, 0.5) is 10.2 Å². The average molecular weight is 667 g/mol. The third-order valence-electron chi connectivity index (χ3n) is 11.0. The number of nitrogens with zero attached hydrogens (tertiary/aromatic N) is 7. The van der Waals surface area contributed by atoms with Gasteiger partial charge < -0.3 is 24.8 Å². The van der Waals surface area contributed by atoms with Crippen LogP contribution in [0.3, 0.4) is 0 Å². The van der Waals surface area contributed by atoms with Crippen molar-refractivity contribution in [2.24, 2.45) is 17.3 Å². The summed E-state index contributed by atoms with van der Waals surface area (Å²) in [6, 6.07) is 4.78. The molecule has 1 N–H and O–H groups in total. The Hall–Kier alpha value is -2.51. The van der Waals surface area contributed by atoms with E-state index < -0.39 is 5.82 Å². The third kappa shape index (κ3) is 7.13. The first kappa shape index (κ1) is 33.0. The Morgan fingerprint density at radius 3 is 2.45 bits per heavy atom. The van der Waals surface area contributed by atoms with Crippen molar-refractivity contribution in [3.63, 3.8) is 0 Å². The van der Waals surface area contributed by atoms with Crippen LogP contribution < -0.4 is 15.0 Å². The second kappa shape index (κ2) is 13.8. The fourth-order valence-electron chi connectivity index (χ4n) is 8.32. The van der Waals surface area contributed by atoms with Crippen molar-refractivity contribution in [1.29, 1.82) is 0 Å². The van der Waals surface area contributed by atoms with Gasteiger partial charge in [0.25, 0.3) is 5.91 Å². The summed E-state index contributed by atoms with van der Waals surface area (Å²) in [6.07, 6.45) is 8.18. The quantitative estimate of drug-likeness (QED) is 0.359. The van der Waals surface area contributed by atoms with Crippen LogP contribution in [0.2, 0.25) is 0 Å². The number of rotatable bonds is 10. The number of carbonyl (C=O) groups is 1. The highest BCUT2D eigenvalue weighted by Crippen LogP contribution is 2.45. The van der Waals surface area contributed by atoms with Gasteiger partial charge in [-0.3, -0.25) is 4.79 Å². The molecule has 0 aliphatic carbocycles. The van der Waals surface area contributed by atoms with E-state index in [9.17, 15) is 9.18 Å². The van der Waals surface area contributed by atoms with E-state index in [1.165, 1.54) is 83.2 Å². The molecule has 5 saturated heterocycles. The second-order valence-electron chi connectivity index (χ2n) is 15.1. The lowest BCUT2D eigenvalue weighted by atomic mass is 9.72. The standard InChI is InChI=1S/C35H51FN8O2S/c1-24(2)44(25(3)4)34(45)29-15-28(36)5-6-31(29)46-32-17-37-23-39-33(32)41-21-35(22-41)9-13-40(14-10-35)18-26-7-11-42(12-8-26)47-43-19-27-16-38-30(27)20-43/h5-6,15,17,23-27,30,38H,7-14,16,18-22H2,1-4H3/t27-,30+/m0/s1. The molecule has 0 bridgehead atoms. The summed E-state index contributed by atoms with van der Waals surface area (Å²) in [7, 11) is 0. The summed E-state index contributed by atoms with van der Waals surface area (Å²) in [4.78, 5) is 29.1. The molecule has 7 rings (SSSR count). The molecule has 1 aromatic carbocycles. The minimum atomic E-state index is -0.472. The highest BCUT2D eigenvalue weighted by Gasteiger charge is 2.46. The molecule has 47 heavy (non-hydrogen) atoms. The normalized spacial score (nSPS) is 25.2. The highest BCUT2D eigenvalue weighted by molar-refractivity contribution is 7.94. The smallest absolute Gasteiger partial charge is 0.258 e. The molecule has 2 aromatic rings. The summed E-state index contributed by atoms with van der Waals surface area (Å²) in [5.41, 5.74) is 0.504. The number of carbonyl (C=O) groups excluding carboxylic acids is 1. The predicted octanol–water partition coefficient (Wildman–Crippen LogP) is 4.75. The zero-order chi connectivity index (χ0) is 32.7. The monoisotopic (exact) mass is 666 g/mol. The van der Waals surface area contributed by atoms with Crippen LogP contribution in [0.1, 0.15) is 63.7 Å². The van der Waals surface area contributed by atoms with E-state index in [2.05, 4.69) is 33.7 Å². The Labute approximate surface area is 283 Å². The number of aromatic nitrogens is 2. The van der Waals surface area contributed by atoms with E-state index in [-0.39, 0.29) is 23.6 Å². The maximum Gasteiger partial charge on any atom is 0.258 e. The largest absolute Gasteiger partial charge is 0.451 e. The fraction of sp³-hybridized carbons (Fsp3) is 0.686. The summed E-state index contributed by atoms with van der Waals surface area (Å²) in [6.45, 7) is 19.3. The van der Waals surface area contributed by atoms with E-state index >= 15 is 0 Å². The van der Waals surface area contributed by atoms with Crippen molar-refractivity contribution in [3.8, 4) is 11.5 Å². The summed E-state index contributed by atoms with van der Waals surface area (Å²) < 4.78 is 25.9. The summed E-state index contributed by atoms with van der Waals surface area (Å²) in [5, 5.41) is 3.56. The highest BCUT2D eigenvalue weighted by atomic mass is 32.2. The minimum absolute atomic E-state index is 0.0390. The Balaban J connectivity index is 0.907. The van der Waals surface area contributed by atoms with Gasteiger partial charge in [-0.1, -0.05) is 0 Å². The summed E-state index contributed by atoms with van der Waals surface area (Å²) >= 11 is 2.00. The zero-order valence-electron chi connectivity index (χ0n) is 28.4. The van der Waals surface area contributed by atoms with Crippen molar-refractivity contribution in [2.45, 2.75) is 71.5 Å². The van der Waals surface area contributed by atoms with Crippen LogP contribution in [-0.4, -0.2) is 118 Å². The molecule has 1 amide bonds. The topological polar surface area (TPSA) is 80.3 Å². The lowest BCUT2D eigenvalue weighted by Gasteiger charge is -2.54. The van der Waals surface area contributed by atoms with Crippen LogP contribution >= 0.6 is 12.1 Å². The molecule has 2 atom stereocenters. The van der Waals surface area contributed by atoms with Gasteiger partial charge in [0.2, 0.25) is 0 Å². The van der Waals surface area contributed by atoms with Gasteiger partial charge in [-0.2, -0.15) is 0 Å². The van der Waals surface area contributed by atoms with Crippen molar-refractivity contribution < 1.29 is 13.9 Å². The number of piperidine rings is 2. The van der Waals surface area contributed by atoms with E-state index in [4.69, 9.17) is 4.74 Å². The van der Waals surface area contributed by atoms with Crippen molar-refractivity contribution in [3.05, 3.63) is 42.1 Å². The Morgan fingerprint density at radius 1 is 1.06 bits per heavy atom. The molecule has 6 heterocycles. The molecule has 5 aliphatic rings. The lowest BCUT2D eigenvalue weighted by Crippen LogP contribution is -2.61. The van der Waals surface area contributed by atoms with Crippen LogP contribution in [-0.2, 0) is 0 Å². The number of hydrogen-bond donors (Lipinski definition) is 1. The molecule has 1 spiro atoms. The lowest BCUT2D eigenvalue weighted by molar-refractivity contribution is 0.0612.